The Labute approximate surface area is 136 Å². The third-order valence-electron chi connectivity index (χ3n) is 2.63. The molecule has 1 rings (SSSR count). The summed E-state index contributed by atoms with van der Waals surface area (Å²) in [7, 11) is 2.99. The molecule has 0 saturated heterocycles. The highest BCUT2D eigenvalue weighted by molar-refractivity contribution is 5.81. The molecule has 0 saturated carbocycles. The number of alkyl carbamates (subject to hydrolysis) is 1. The first kappa shape index (κ1) is 18.4. The summed E-state index contributed by atoms with van der Waals surface area (Å²) in [6.45, 7) is 5.43. The van der Waals surface area contributed by atoms with Crippen LogP contribution in [0.1, 0.15) is 36.7 Å². The topological polar surface area (TPSA) is 73.9 Å². The first-order valence-corrected chi connectivity index (χ1v) is 6.97. The lowest BCUT2D eigenvalue weighted by molar-refractivity contribution is 0.0535. The van der Waals surface area contributed by atoms with Crippen LogP contribution in [-0.2, 0) is 4.74 Å². The van der Waals surface area contributed by atoms with Crippen molar-refractivity contribution in [2.75, 3.05) is 20.8 Å². The maximum absolute atomic E-state index is 11.5. The zero-order valence-corrected chi connectivity index (χ0v) is 14.0. The average Bonchev–Trinajstić information content (AvgIpc) is 2.48. The van der Waals surface area contributed by atoms with Crippen LogP contribution >= 0.6 is 0 Å². The van der Waals surface area contributed by atoms with Crippen molar-refractivity contribution in [2.45, 2.75) is 26.4 Å². The molecule has 0 aliphatic carbocycles. The summed E-state index contributed by atoms with van der Waals surface area (Å²) < 4.78 is 15.4. The Hall–Kier alpha value is -2.68. The number of carbonyl (C=O) groups excluding carboxylic acids is 2. The van der Waals surface area contributed by atoms with Gasteiger partial charge in [-0.25, -0.2) is 4.79 Å². The molecule has 6 nitrogen and oxygen atoms in total. The molecular weight excluding hydrogens is 298 g/mol. The van der Waals surface area contributed by atoms with Gasteiger partial charge >= 0.3 is 6.09 Å². The number of aldehydes is 1. The molecule has 0 heterocycles. The quantitative estimate of drug-likeness (QED) is 0.681. The molecule has 1 amide bonds. The van der Waals surface area contributed by atoms with Crippen LogP contribution < -0.4 is 14.8 Å². The average molecular weight is 319 g/mol. The van der Waals surface area contributed by atoms with Crippen LogP contribution in [0.15, 0.2) is 12.1 Å². The molecule has 0 aromatic heterocycles. The molecule has 124 valence electrons. The van der Waals surface area contributed by atoms with Crippen LogP contribution in [0, 0.1) is 11.8 Å². The third kappa shape index (κ3) is 5.91. The predicted molar refractivity (Wildman–Crippen MR) is 86.0 cm³/mol. The summed E-state index contributed by atoms with van der Waals surface area (Å²) in [5.74, 6) is 6.51. The molecule has 1 aromatic rings. The summed E-state index contributed by atoms with van der Waals surface area (Å²) >= 11 is 0. The van der Waals surface area contributed by atoms with Crippen molar-refractivity contribution in [3.63, 3.8) is 0 Å². The monoisotopic (exact) mass is 319 g/mol. The summed E-state index contributed by atoms with van der Waals surface area (Å²) in [5.41, 5.74) is 0.307. The smallest absolute Gasteiger partial charge is 0.408 e. The van der Waals surface area contributed by atoms with E-state index in [0.29, 0.717) is 28.9 Å². The van der Waals surface area contributed by atoms with E-state index in [9.17, 15) is 9.59 Å². The second-order valence-electron chi connectivity index (χ2n) is 5.57. The fourth-order valence-electron chi connectivity index (χ4n) is 1.67. The number of benzene rings is 1. The van der Waals surface area contributed by atoms with Crippen molar-refractivity contribution in [1.29, 1.82) is 0 Å². The van der Waals surface area contributed by atoms with E-state index >= 15 is 0 Å². The van der Waals surface area contributed by atoms with E-state index < -0.39 is 11.7 Å². The molecule has 6 heteroatoms. The Morgan fingerprint density at radius 3 is 2.35 bits per heavy atom. The van der Waals surface area contributed by atoms with Crippen LogP contribution in [0.5, 0.6) is 11.5 Å². The fourth-order valence-corrected chi connectivity index (χ4v) is 1.67. The van der Waals surface area contributed by atoms with E-state index in [0.717, 1.165) is 0 Å². The van der Waals surface area contributed by atoms with Crippen LogP contribution in [0.25, 0.3) is 0 Å². The summed E-state index contributed by atoms with van der Waals surface area (Å²) in [6.07, 6.45) is 0.141. The van der Waals surface area contributed by atoms with Crippen LogP contribution in [-0.4, -0.2) is 38.7 Å². The Bertz CT molecular complexity index is 635. The molecule has 0 fully saturated rings. The van der Waals surface area contributed by atoms with Crippen molar-refractivity contribution >= 4 is 12.4 Å². The number of nitrogens with one attached hydrogen (secondary N) is 1. The minimum atomic E-state index is -0.564. The summed E-state index contributed by atoms with van der Waals surface area (Å²) in [5, 5.41) is 2.52. The lowest BCUT2D eigenvalue weighted by atomic mass is 10.1. The Morgan fingerprint density at radius 1 is 1.22 bits per heavy atom. The summed E-state index contributed by atoms with van der Waals surface area (Å²) in [4.78, 5) is 22.6. The first-order chi connectivity index (χ1) is 10.8. The number of hydrogen-bond acceptors (Lipinski definition) is 5. The van der Waals surface area contributed by atoms with Gasteiger partial charge in [0.15, 0.2) is 17.8 Å². The van der Waals surface area contributed by atoms with E-state index in [4.69, 9.17) is 14.2 Å². The molecule has 0 aliphatic heterocycles. The Morgan fingerprint density at radius 2 is 1.83 bits per heavy atom. The third-order valence-corrected chi connectivity index (χ3v) is 2.63. The number of carbonyl (C=O) groups is 2. The highest BCUT2D eigenvalue weighted by Crippen LogP contribution is 2.29. The van der Waals surface area contributed by atoms with Crippen LogP contribution in [0.4, 0.5) is 4.79 Å². The van der Waals surface area contributed by atoms with Gasteiger partial charge in [-0.05, 0) is 26.8 Å². The molecule has 0 spiro atoms. The van der Waals surface area contributed by atoms with Gasteiger partial charge in [-0.15, -0.1) is 0 Å². The largest absolute Gasteiger partial charge is 0.493 e. The highest BCUT2D eigenvalue weighted by atomic mass is 16.6. The molecule has 0 radical (unpaired) electrons. The maximum Gasteiger partial charge on any atom is 0.408 e. The maximum atomic E-state index is 11.5. The molecule has 0 atom stereocenters. The minimum Gasteiger partial charge on any atom is -0.493 e. The van der Waals surface area contributed by atoms with Gasteiger partial charge in [-0.1, -0.05) is 11.8 Å². The van der Waals surface area contributed by atoms with Crippen molar-refractivity contribution in [3.05, 3.63) is 23.3 Å². The molecule has 0 bridgehead atoms. The second kappa shape index (κ2) is 8.08. The van der Waals surface area contributed by atoms with E-state index in [1.165, 1.54) is 14.2 Å². The van der Waals surface area contributed by atoms with Crippen molar-refractivity contribution in [1.82, 2.24) is 5.32 Å². The second-order valence-corrected chi connectivity index (χ2v) is 5.57. The molecule has 1 aromatic carbocycles. The molecular formula is C17H21NO5. The number of ether oxygens (including phenoxy) is 3. The SMILES string of the molecule is COc1cc(C#CCNC(=O)OC(C)(C)C)c(C=O)cc1OC. The first-order valence-electron chi connectivity index (χ1n) is 6.97. The Balaban J connectivity index is 2.82. The van der Waals surface area contributed by atoms with E-state index in [2.05, 4.69) is 17.2 Å². The minimum absolute atomic E-state index is 0.0988. The van der Waals surface area contributed by atoms with Crippen LogP contribution in [0.2, 0.25) is 0 Å². The fraction of sp³-hybridized carbons (Fsp3) is 0.412. The molecule has 23 heavy (non-hydrogen) atoms. The van der Waals surface area contributed by atoms with Gasteiger partial charge in [-0.2, -0.15) is 0 Å². The van der Waals surface area contributed by atoms with E-state index in [1.54, 1.807) is 32.9 Å². The number of rotatable bonds is 4. The lowest BCUT2D eigenvalue weighted by Gasteiger charge is -2.19. The van der Waals surface area contributed by atoms with Gasteiger partial charge in [-0.3, -0.25) is 4.79 Å². The molecule has 1 N–H and O–H groups in total. The van der Waals surface area contributed by atoms with E-state index in [1.807, 2.05) is 0 Å². The normalized spacial score (nSPS) is 10.1. The van der Waals surface area contributed by atoms with Crippen molar-refractivity contribution < 1.29 is 23.8 Å². The number of methoxy groups -OCH3 is 2. The van der Waals surface area contributed by atoms with Gasteiger partial charge in [0.05, 0.1) is 20.8 Å². The Kier molecular flexibility index (Phi) is 6.46. The summed E-state index contributed by atoms with van der Waals surface area (Å²) in [6, 6.07) is 3.17. The van der Waals surface area contributed by atoms with Crippen LogP contribution in [0.3, 0.4) is 0 Å². The number of amides is 1. The zero-order valence-electron chi connectivity index (χ0n) is 14.0. The highest BCUT2D eigenvalue weighted by Gasteiger charge is 2.15. The van der Waals surface area contributed by atoms with Gasteiger partial charge in [0.25, 0.3) is 0 Å². The van der Waals surface area contributed by atoms with Gasteiger partial charge in [0.1, 0.15) is 5.60 Å². The van der Waals surface area contributed by atoms with Crippen molar-refractivity contribution in [3.8, 4) is 23.3 Å². The lowest BCUT2D eigenvalue weighted by Crippen LogP contribution is -2.32. The number of hydrogen-bond donors (Lipinski definition) is 1. The zero-order chi connectivity index (χ0) is 17.5. The predicted octanol–water partition coefficient (Wildman–Crippen LogP) is 2.39. The standard InChI is InChI=1S/C17H21NO5/c1-17(2,3)23-16(20)18-8-6-7-12-9-14(21-4)15(22-5)10-13(12)11-19/h9-11H,8H2,1-5H3,(H,18,20). The van der Waals surface area contributed by atoms with Crippen molar-refractivity contribution in [2.24, 2.45) is 0 Å². The molecule has 0 aliphatic rings. The van der Waals surface area contributed by atoms with Gasteiger partial charge in [0.2, 0.25) is 0 Å². The van der Waals surface area contributed by atoms with E-state index in [-0.39, 0.29) is 6.54 Å². The van der Waals surface area contributed by atoms with Gasteiger partial charge in [0, 0.05) is 17.2 Å². The molecule has 0 unspecified atom stereocenters. The van der Waals surface area contributed by atoms with Gasteiger partial charge < -0.3 is 19.5 Å².